The average Bonchev–Trinajstić information content (AvgIpc) is 3.79. The minimum Gasteiger partial charge on any atom is -0.444 e. The quantitative estimate of drug-likeness (QED) is 0.147. The highest BCUT2D eigenvalue weighted by molar-refractivity contribution is 7.81. The Morgan fingerprint density at radius 1 is 0.915 bits per heavy atom. The lowest BCUT2D eigenvalue weighted by atomic mass is 10.1. The Hall–Kier alpha value is -4.25. The summed E-state index contributed by atoms with van der Waals surface area (Å²) in [6.45, 7) is 12.5. The van der Waals surface area contributed by atoms with Crippen molar-refractivity contribution in [2.24, 2.45) is 0 Å². The number of nitrogens with one attached hydrogen (secondary N) is 2. The number of fused-ring (bicyclic) bond motifs is 1. The molecule has 10 nitrogen and oxygen atoms in total. The Morgan fingerprint density at radius 2 is 1.60 bits per heavy atom. The van der Waals surface area contributed by atoms with Crippen molar-refractivity contribution < 1.29 is 19.1 Å². The zero-order valence-electron chi connectivity index (χ0n) is 28.0. The van der Waals surface area contributed by atoms with E-state index < -0.39 is 16.1 Å². The van der Waals surface area contributed by atoms with Crippen molar-refractivity contribution in [1.29, 1.82) is 0 Å². The number of carbonyl (C=O) groups is 2. The number of imidazole rings is 2. The van der Waals surface area contributed by atoms with Crippen LogP contribution in [0.15, 0.2) is 48.7 Å². The first-order chi connectivity index (χ1) is 22.2. The van der Waals surface area contributed by atoms with Crippen LogP contribution < -0.4 is 0 Å². The number of thiol groups is 1. The van der Waals surface area contributed by atoms with Gasteiger partial charge in [-0.2, -0.15) is 0 Å². The van der Waals surface area contributed by atoms with Gasteiger partial charge in [-0.1, -0.05) is 42.5 Å². The molecule has 47 heavy (non-hydrogen) atoms. The summed E-state index contributed by atoms with van der Waals surface area (Å²) in [5.74, 6) is 1.42. The van der Waals surface area contributed by atoms with Gasteiger partial charge in [0.15, 0.2) is 0 Å². The number of benzene rings is 2. The lowest BCUT2D eigenvalue weighted by Gasteiger charge is -2.34. The molecule has 2 aromatic heterocycles. The van der Waals surface area contributed by atoms with Gasteiger partial charge in [0.1, 0.15) is 27.7 Å². The number of amides is 2. The summed E-state index contributed by atoms with van der Waals surface area (Å²) in [5.41, 5.74) is 4.60. The van der Waals surface area contributed by atoms with Crippen LogP contribution in [0.2, 0.25) is 0 Å². The number of nitrogens with zero attached hydrogens (tertiary/aromatic N) is 4. The number of rotatable bonds is 5. The standard InChI is InChI=1S/C36H44N6O4S/c1-34(2,3)45-32(43)41-19-7-9-29(41)30-38-26-17-14-24(21-27(26)39-30)11-10-23-12-15-25(16-13-23)28-22-37-31(40-28)36(47)18-8-20-42(36)33(44)46-35(4,5)6/h10-17,21-22,29,47H,7-9,18-20H2,1-6H3,(H,37,40)(H,38,39)/b11-10+. The summed E-state index contributed by atoms with van der Waals surface area (Å²) < 4.78 is 11.3. The van der Waals surface area contributed by atoms with Gasteiger partial charge in [-0.3, -0.25) is 9.80 Å². The number of ether oxygens (including phenoxy) is 2. The van der Waals surface area contributed by atoms with E-state index in [2.05, 4.69) is 45.3 Å². The highest BCUT2D eigenvalue weighted by Gasteiger charge is 2.46. The van der Waals surface area contributed by atoms with Crippen LogP contribution in [0.25, 0.3) is 34.4 Å². The molecule has 2 unspecified atom stereocenters. The molecular weight excluding hydrogens is 613 g/mol. The molecule has 248 valence electrons. The molecule has 0 saturated carbocycles. The SMILES string of the molecule is CC(C)(C)OC(=O)N1CCCC1c1nc2ccc(/C=C/c3ccc(-c4cnc(C5(S)CCCN5C(=O)OC(C)(C)C)[nH]4)cc3)cc2[nH]1. The summed E-state index contributed by atoms with van der Waals surface area (Å²) in [7, 11) is 0. The minimum absolute atomic E-state index is 0.124. The largest absolute Gasteiger partial charge is 0.444 e. The summed E-state index contributed by atoms with van der Waals surface area (Å²) in [6.07, 6.45) is 8.51. The molecule has 6 rings (SSSR count). The van der Waals surface area contributed by atoms with Gasteiger partial charge in [0, 0.05) is 13.1 Å². The number of aromatic amines is 2. The maximum absolute atomic E-state index is 12.9. The first-order valence-corrected chi connectivity index (χ1v) is 16.7. The molecule has 4 heterocycles. The van der Waals surface area contributed by atoms with Crippen LogP contribution >= 0.6 is 12.6 Å². The van der Waals surface area contributed by atoms with Crippen LogP contribution in [0.3, 0.4) is 0 Å². The second-order valence-electron chi connectivity index (χ2n) is 14.4. The fourth-order valence-corrected chi connectivity index (χ4v) is 6.60. The highest BCUT2D eigenvalue weighted by atomic mass is 32.1. The van der Waals surface area contributed by atoms with Crippen molar-refractivity contribution in [3.05, 3.63) is 71.4 Å². The third kappa shape index (κ3) is 7.20. The Morgan fingerprint density at radius 3 is 2.32 bits per heavy atom. The first kappa shape index (κ1) is 32.7. The monoisotopic (exact) mass is 656 g/mol. The van der Waals surface area contributed by atoms with E-state index >= 15 is 0 Å². The van der Waals surface area contributed by atoms with Gasteiger partial charge in [0.05, 0.1) is 29.0 Å². The predicted molar refractivity (Wildman–Crippen MR) is 187 cm³/mol. The molecule has 2 atom stereocenters. The number of H-pyrrole nitrogens is 2. The molecule has 11 heteroatoms. The van der Waals surface area contributed by atoms with E-state index in [4.69, 9.17) is 27.1 Å². The van der Waals surface area contributed by atoms with Crippen LogP contribution in [-0.2, 0) is 14.3 Å². The fraction of sp³-hybridized carbons (Fsp3) is 0.444. The maximum Gasteiger partial charge on any atom is 0.411 e. The van der Waals surface area contributed by atoms with E-state index in [0.29, 0.717) is 25.3 Å². The second-order valence-corrected chi connectivity index (χ2v) is 15.1. The van der Waals surface area contributed by atoms with Crippen molar-refractivity contribution in [2.45, 2.75) is 89.3 Å². The smallest absolute Gasteiger partial charge is 0.411 e. The van der Waals surface area contributed by atoms with Crippen molar-refractivity contribution in [1.82, 2.24) is 29.7 Å². The summed E-state index contributed by atoms with van der Waals surface area (Å²) in [6, 6.07) is 14.2. The molecule has 0 spiro atoms. The van der Waals surface area contributed by atoms with Crippen molar-refractivity contribution in [2.75, 3.05) is 13.1 Å². The molecule has 2 aliphatic heterocycles. The number of likely N-dealkylation sites (tertiary alicyclic amines) is 2. The molecular formula is C36H44N6O4S. The number of aromatic nitrogens is 4. The molecule has 2 fully saturated rings. The highest BCUT2D eigenvalue weighted by Crippen LogP contribution is 2.42. The van der Waals surface area contributed by atoms with Gasteiger partial charge in [-0.15, -0.1) is 12.6 Å². The van der Waals surface area contributed by atoms with Gasteiger partial charge < -0.3 is 19.4 Å². The molecule has 4 aromatic rings. The zero-order valence-corrected chi connectivity index (χ0v) is 28.9. The Kier molecular flexibility index (Phi) is 8.63. The van der Waals surface area contributed by atoms with E-state index in [1.807, 2.05) is 65.8 Å². The molecule has 2 aromatic carbocycles. The Balaban J connectivity index is 1.13. The average molecular weight is 657 g/mol. The second kappa shape index (κ2) is 12.4. The van der Waals surface area contributed by atoms with E-state index in [9.17, 15) is 9.59 Å². The molecule has 0 aliphatic carbocycles. The van der Waals surface area contributed by atoms with Gasteiger partial charge in [0.2, 0.25) is 0 Å². The molecule has 0 radical (unpaired) electrons. The van der Waals surface area contributed by atoms with E-state index in [0.717, 1.165) is 58.5 Å². The van der Waals surface area contributed by atoms with Crippen LogP contribution in [-0.4, -0.2) is 66.2 Å². The third-order valence-corrected chi connectivity index (χ3v) is 9.01. The van der Waals surface area contributed by atoms with Gasteiger partial charge in [-0.05, 0) is 96.0 Å². The molecule has 2 N–H and O–H groups in total. The summed E-state index contributed by atoms with van der Waals surface area (Å²) in [4.78, 5) is 44.6. The van der Waals surface area contributed by atoms with Gasteiger partial charge in [-0.25, -0.2) is 19.6 Å². The fourth-order valence-electron chi connectivity index (χ4n) is 6.15. The molecule has 0 bridgehead atoms. The van der Waals surface area contributed by atoms with Crippen molar-refractivity contribution >= 4 is 48.0 Å². The van der Waals surface area contributed by atoms with Crippen LogP contribution in [0.1, 0.15) is 96.0 Å². The van der Waals surface area contributed by atoms with Crippen LogP contribution in [0.5, 0.6) is 0 Å². The normalized spacial score (nSPS) is 20.4. The number of hydrogen-bond acceptors (Lipinski definition) is 7. The van der Waals surface area contributed by atoms with Gasteiger partial charge >= 0.3 is 12.2 Å². The molecule has 2 saturated heterocycles. The van der Waals surface area contributed by atoms with Crippen molar-refractivity contribution in [3.8, 4) is 11.3 Å². The lowest BCUT2D eigenvalue weighted by molar-refractivity contribution is 0.0182. The van der Waals surface area contributed by atoms with Crippen LogP contribution in [0, 0.1) is 0 Å². The van der Waals surface area contributed by atoms with E-state index in [1.165, 1.54) is 0 Å². The third-order valence-electron chi connectivity index (χ3n) is 8.33. The van der Waals surface area contributed by atoms with E-state index in [-0.39, 0.29) is 18.2 Å². The summed E-state index contributed by atoms with van der Waals surface area (Å²) >= 11 is 4.93. The van der Waals surface area contributed by atoms with Crippen molar-refractivity contribution in [3.63, 3.8) is 0 Å². The lowest BCUT2D eigenvalue weighted by Crippen LogP contribution is -2.44. The Bertz CT molecular complexity index is 1800. The van der Waals surface area contributed by atoms with Crippen LogP contribution in [0.4, 0.5) is 9.59 Å². The van der Waals surface area contributed by atoms with E-state index in [1.54, 1.807) is 16.0 Å². The Labute approximate surface area is 281 Å². The molecule has 2 amide bonds. The van der Waals surface area contributed by atoms with Gasteiger partial charge in [0.25, 0.3) is 0 Å². The number of hydrogen-bond donors (Lipinski definition) is 3. The zero-order chi connectivity index (χ0) is 33.6. The maximum atomic E-state index is 12.9. The first-order valence-electron chi connectivity index (χ1n) is 16.2. The number of carbonyl (C=O) groups excluding carboxylic acids is 2. The molecule has 2 aliphatic rings. The minimum atomic E-state index is -0.853. The predicted octanol–water partition coefficient (Wildman–Crippen LogP) is 8.31. The topological polar surface area (TPSA) is 116 Å². The summed E-state index contributed by atoms with van der Waals surface area (Å²) in [5, 5.41) is 0.